The van der Waals surface area contributed by atoms with Gasteiger partial charge in [-0.15, -0.1) is 0 Å². The number of rotatable bonds is 7. The lowest BCUT2D eigenvalue weighted by molar-refractivity contribution is 0.130. The number of hydrogen-bond acceptors (Lipinski definition) is 2. The van der Waals surface area contributed by atoms with E-state index < -0.39 is 17.7 Å². The van der Waals surface area contributed by atoms with E-state index in [1.54, 1.807) is 0 Å². The lowest BCUT2D eigenvalue weighted by Gasteiger charge is -2.25. The van der Waals surface area contributed by atoms with E-state index in [9.17, 15) is 13.9 Å². The van der Waals surface area contributed by atoms with Crippen LogP contribution in [0.3, 0.4) is 0 Å². The third-order valence-electron chi connectivity index (χ3n) is 3.69. The third-order valence-corrected chi connectivity index (χ3v) is 3.69. The Balaban J connectivity index is 1.93. The summed E-state index contributed by atoms with van der Waals surface area (Å²) < 4.78 is 26.8. The maximum absolute atomic E-state index is 13.6. The summed E-state index contributed by atoms with van der Waals surface area (Å²) >= 11 is 0. The van der Waals surface area contributed by atoms with Crippen molar-refractivity contribution in [3.8, 4) is 0 Å². The van der Waals surface area contributed by atoms with Gasteiger partial charge in [0.15, 0.2) is 11.6 Å². The van der Waals surface area contributed by atoms with E-state index in [2.05, 4.69) is 18.7 Å². The van der Waals surface area contributed by atoms with Crippen LogP contribution >= 0.6 is 0 Å². The lowest BCUT2D eigenvalue weighted by atomic mass is 10.0. The topological polar surface area (TPSA) is 23.5 Å². The van der Waals surface area contributed by atoms with Gasteiger partial charge in [-0.3, -0.25) is 0 Å². The van der Waals surface area contributed by atoms with E-state index in [-0.39, 0.29) is 5.56 Å². The van der Waals surface area contributed by atoms with Crippen LogP contribution in [0.2, 0.25) is 0 Å². The van der Waals surface area contributed by atoms with Gasteiger partial charge in [0.2, 0.25) is 0 Å². The van der Waals surface area contributed by atoms with Crippen LogP contribution in [0.5, 0.6) is 0 Å². The van der Waals surface area contributed by atoms with Gasteiger partial charge in [-0.2, -0.15) is 0 Å². The third kappa shape index (κ3) is 4.00. The van der Waals surface area contributed by atoms with Crippen LogP contribution in [0.25, 0.3) is 0 Å². The summed E-state index contributed by atoms with van der Waals surface area (Å²) in [6.45, 7) is 6.04. The predicted octanol–water partition coefficient (Wildman–Crippen LogP) is 3.51. The molecule has 112 valence electrons. The van der Waals surface area contributed by atoms with Crippen molar-refractivity contribution in [1.82, 2.24) is 4.90 Å². The number of hydrogen-bond donors (Lipinski definition) is 1. The monoisotopic (exact) mass is 283 g/mol. The van der Waals surface area contributed by atoms with E-state index in [1.165, 1.54) is 25.0 Å². The van der Waals surface area contributed by atoms with Gasteiger partial charge in [-0.25, -0.2) is 8.78 Å². The molecular weight excluding hydrogens is 260 g/mol. The molecule has 1 aliphatic rings. The molecule has 0 saturated heterocycles. The maximum atomic E-state index is 13.6. The molecule has 20 heavy (non-hydrogen) atoms. The largest absolute Gasteiger partial charge is 0.388 e. The van der Waals surface area contributed by atoms with Crippen LogP contribution in [0.4, 0.5) is 8.78 Å². The minimum atomic E-state index is -0.945. The summed E-state index contributed by atoms with van der Waals surface area (Å²) in [5.41, 5.74) is 0.0605. The molecule has 1 aliphatic carbocycles. The average molecular weight is 283 g/mol. The van der Waals surface area contributed by atoms with Crippen molar-refractivity contribution in [1.29, 1.82) is 0 Å². The minimum absolute atomic E-state index is 0.0605. The van der Waals surface area contributed by atoms with E-state index >= 15 is 0 Å². The van der Waals surface area contributed by atoms with Gasteiger partial charge in [-0.05, 0) is 31.2 Å². The Labute approximate surface area is 119 Å². The number of halogens is 2. The molecule has 1 fully saturated rings. The van der Waals surface area contributed by atoms with E-state index in [0.29, 0.717) is 18.4 Å². The molecule has 1 N–H and O–H groups in total. The van der Waals surface area contributed by atoms with Crippen molar-refractivity contribution >= 4 is 0 Å². The summed E-state index contributed by atoms with van der Waals surface area (Å²) in [5, 5.41) is 10.1. The zero-order valence-corrected chi connectivity index (χ0v) is 12.1. The summed E-state index contributed by atoms with van der Waals surface area (Å²) in [6.07, 6.45) is 1.90. The van der Waals surface area contributed by atoms with Gasteiger partial charge in [0.05, 0.1) is 6.10 Å². The second-order valence-electron chi connectivity index (χ2n) is 6.07. The van der Waals surface area contributed by atoms with Gasteiger partial charge in [0, 0.05) is 24.7 Å². The molecule has 0 heterocycles. The zero-order valence-electron chi connectivity index (χ0n) is 12.1. The summed E-state index contributed by atoms with van der Waals surface area (Å²) in [6, 6.07) is 4.57. The van der Waals surface area contributed by atoms with Crippen LogP contribution in [0, 0.1) is 17.6 Å². The van der Waals surface area contributed by atoms with Gasteiger partial charge < -0.3 is 10.0 Å². The van der Waals surface area contributed by atoms with Crippen LogP contribution in [0.1, 0.15) is 44.8 Å². The number of aliphatic hydroxyl groups excluding tert-OH is 1. The van der Waals surface area contributed by atoms with Crippen molar-refractivity contribution in [3.05, 3.63) is 35.4 Å². The smallest absolute Gasteiger partial charge is 0.164 e. The van der Waals surface area contributed by atoms with Crippen molar-refractivity contribution in [3.63, 3.8) is 0 Å². The molecule has 1 saturated carbocycles. The Morgan fingerprint density at radius 2 is 2.00 bits per heavy atom. The van der Waals surface area contributed by atoms with Crippen LogP contribution in [-0.4, -0.2) is 29.1 Å². The second kappa shape index (κ2) is 6.64. The first kappa shape index (κ1) is 15.4. The normalized spacial score (nSPS) is 16.9. The van der Waals surface area contributed by atoms with Gasteiger partial charge in [-0.1, -0.05) is 26.0 Å². The SMILES string of the molecule is CC(C)CN(CCC(O)c1cccc(F)c1F)C1CC1. The Morgan fingerprint density at radius 3 is 2.60 bits per heavy atom. The number of benzene rings is 1. The number of nitrogens with zero attached hydrogens (tertiary/aromatic N) is 1. The molecule has 1 aromatic carbocycles. The molecule has 1 atom stereocenters. The van der Waals surface area contributed by atoms with Crippen molar-refractivity contribution in [2.75, 3.05) is 13.1 Å². The molecule has 2 rings (SSSR count). The molecule has 4 heteroatoms. The standard InChI is InChI=1S/C16H23F2NO/c1-11(2)10-19(12-6-7-12)9-8-15(20)13-4-3-5-14(17)16(13)18/h3-5,11-12,15,20H,6-10H2,1-2H3. The Kier molecular flexibility index (Phi) is 5.11. The maximum Gasteiger partial charge on any atom is 0.164 e. The van der Waals surface area contributed by atoms with Crippen LogP contribution < -0.4 is 0 Å². The molecule has 0 bridgehead atoms. The summed E-state index contributed by atoms with van der Waals surface area (Å²) in [4.78, 5) is 2.35. The first-order valence-corrected chi connectivity index (χ1v) is 7.35. The van der Waals surface area contributed by atoms with Crippen molar-refractivity contribution in [2.45, 2.75) is 45.3 Å². The van der Waals surface area contributed by atoms with Crippen molar-refractivity contribution < 1.29 is 13.9 Å². The van der Waals surface area contributed by atoms with E-state index in [1.807, 2.05) is 0 Å². The van der Waals surface area contributed by atoms with Crippen LogP contribution in [0.15, 0.2) is 18.2 Å². The highest BCUT2D eigenvalue weighted by Gasteiger charge is 2.29. The molecular formula is C16H23F2NO. The quantitative estimate of drug-likeness (QED) is 0.828. The van der Waals surface area contributed by atoms with Gasteiger partial charge in [0.25, 0.3) is 0 Å². The lowest BCUT2D eigenvalue weighted by Crippen LogP contribution is -2.31. The molecule has 0 amide bonds. The average Bonchev–Trinajstić information content (AvgIpc) is 3.21. The first-order chi connectivity index (χ1) is 9.49. The highest BCUT2D eigenvalue weighted by Crippen LogP contribution is 2.29. The van der Waals surface area contributed by atoms with Crippen molar-refractivity contribution in [2.24, 2.45) is 5.92 Å². The fourth-order valence-corrected chi connectivity index (χ4v) is 2.55. The highest BCUT2D eigenvalue weighted by molar-refractivity contribution is 5.21. The van der Waals surface area contributed by atoms with Gasteiger partial charge >= 0.3 is 0 Å². The summed E-state index contributed by atoms with van der Waals surface area (Å²) in [7, 11) is 0. The molecule has 0 aliphatic heterocycles. The Hall–Kier alpha value is -1.00. The summed E-state index contributed by atoms with van der Waals surface area (Å²) in [5.74, 6) is -1.26. The molecule has 1 aromatic rings. The fourth-order valence-electron chi connectivity index (χ4n) is 2.55. The molecule has 1 unspecified atom stereocenters. The van der Waals surface area contributed by atoms with E-state index in [4.69, 9.17) is 0 Å². The fraction of sp³-hybridized carbons (Fsp3) is 0.625. The second-order valence-corrected chi connectivity index (χ2v) is 6.07. The Morgan fingerprint density at radius 1 is 1.30 bits per heavy atom. The first-order valence-electron chi connectivity index (χ1n) is 7.35. The molecule has 0 radical (unpaired) electrons. The van der Waals surface area contributed by atoms with Gasteiger partial charge in [0.1, 0.15) is 0 Å². The van der Waals surface area contributed by atoms with E-state index in [0.717, 1.165) is 19.2 Å². The minimum Gasteiger partial charge on any atom is -0.388 e. The molecule has 0 aromatic heterocycles. The highest BCUT2D eigenvalue weighted by atomic mass is 19.2. The predicted molar refractivity (Wildman–Crippen MR) is 75.4 cm³/mol. The Bertz CT molecular complexity index is 446. The van der Waals surface area contributed by atoms with Crippen LogP contribution in [-0.2, 0) is 0 Å². The molecule has 2 nitrogen and oxygen atoms in total. The molecule has 0 spiro atoms. The zero-order chi connectivity index (χ0) is 14.7. The number of aliphatic hydroxyl groups is 1.